The van der Waals surface area contributed by atoms with Crippen LogP contribution in [0.1, 0.15) is 42.4 Å². The highest BCUT2D eigenvalue weighted by Gasteiger charge is 2.37. The second-order valence-corrected chi connectivity index (χ2v) is 8.23. The Bertz CT molecular complexity index is 1370. The molecule has 0 atom stereocenters. The van der Waals surface area contributed by atoms with Crippen LogP contribution in [0.4, 0.5) is 14.6 Å². The molecule has 0 amide bonds. The minimum absolute atomic E-state index is 0.111. The number of nitrogens with one attached hydrogen (secondary N) is 2. The first kappa shape index (κ1) is 20.4. The Kier molecular flexibility index (Phi) is 4.81. The number of benzene rings is 1. The zero-order valence-corrected chi connectivity index (χ0v) is 17.0. The highest BCUT2D eigenvalue weighted by atomic mass is 19.1. The Morgan fingerprint density at radius 3 is 2.62 bits per heavy atom. The van der Waals surface area contributed by atoms with Crippen LogP contribution in [0.25, 0.3) is 22.4 Å². The van der Waals surface area contributed by atoms with E-state index in [1.54, 1.807) is 6.07 Å². The number of pyridine rings is 1. The molecule has 0 unspecified atom stereocenters. The summed E-state index contributed by atoms with van der Waals surface area (Å²) in [5.74, 6) is -1.41. The Balaban J connectivity index is 0.000000136. The summed E-state index contributed by atoms with van der Waals surface area (Å²) in [5, 5.41) is 13.7. The van der Waals surface area contributed by atoms with E-state index < -0.39 is 17.2 Å². The van der Waals surface area contributed by atoms with Gasteiger partial charge in [-0.15, -0.1) is 0 Å². The number of fused-ring (bicyclic) bond motifs is 2. The summed E-state index contributed by atoms with van der Waals surface area (Å²) < 4.78 is 31.3. The first-order valence-electron chi connectivity index (χ1n) is 10.4. The summed E-state index contributed by atoms with van der Waals surface area (Å²) in [6, 6.07) is 4.78. The number of nitrogens with two attached hydrogens (primary N) is 1. The molecule has 2 aliphatic carbocycles. The number of anilines is 1. The van der Waals surface area contributed by atoms with Crippen LogP contribution < -0.4 is 11.5 Å². The molecule has 0 spiro atoms. The summed E-state index contributed by atoms with van der Waals surface area (Å²) >= 11 is 0. The summed E-state index contributed by atoms with van der Waals surface area (Å²) in [4.78, 5) is 19.9. The lowest BCUT2D eigenvalue weighted by Crippen LogP contribution is -2.33. The molecule has 5 N–H and O–H groups in total. The highest BCUT2D eigenvalue weighted by Crippen LogP contribution is 2.42. The molecule has 1 aromatic carbocycles. The van der Waals surface area contributed by atoms with Gasteiger partial charge in [0.1, 0.15) is 11.3 Å². The minimum atomic E-state index is -0.724. The van der Waals surface area contributed by atoms with Gasteiger partial charge in [0.15, 0.2) is 17.5 Å². The quantitative estimate of drug-likeness (QED) is 0.377. The van der Waals surface area contributed by atoms with Gasteiger partial charge in [-0.3, -0.25) is 9.51 Å². The molecule has 1 fully saturated rings. The normalized spacial score (nSPS) is 16.3. The molecular weight excluding hydrogens is 420 g/mol. The zero-order valence-electron chi connectivity index (χ0n) is 17.0. The standard InChI is InChI=1S/C13H15FO.C9H6FN5O2/c14-12-8-10(13(15)5-2-6-13)7-9-3-1-4-11(9)12;10-4-1-5-6(13-7(4)11)3(2-12-5)8-14-9(16)17-15-8/h7-8,15H,1-6H2;1-2,12H,(H2,11,13)(H,14,15,16). The molecule has 166 valence electrons. The van der Waals surface area contributed by atoms with E-state index in [-0.39, 0.29) is 17.5 Å². The van der Waals surface area contributed by atoms with Gasteiger partial charge in [-0.05, 0) is 61.3 Å². The number of hydrogen-bond donors (Lipinski definition) is 4. The van der Waals surface area contributed by atoms with Crippen LogP contribution in [0.3, 0.4) is 0 Å². The van der Waals surface area contributed by atoms with Gasteiger partial charge in [0.05, 0.1) is 16.7 Å². The van der Waals surface area contributed by atoms with Crippen molar-refractivity contribution in [2.45, 2.75) is 44.1 Å². The monoisotopic (exact) mass is 441 g/mol. The van der Waals surface area contributed by atoms with E-state index in [0.717, 1.165) is 55.2 Å². The molecule has 10 heteroatoms. The van der Waals surface area contributed by atoms with E-state index in [4.69, 9.17) is 5.73 Å². The van der Waals surface area contributed by atoms with Crippen LogP contribution in [0.5, 0.6) is 0 Å². The third kappa shape index (κ3) is 3.46. The second-order valence-electron chi connectivity index (χ2n) is 8.23. The lowest BCUT2D eigenvalue weighted by molar-refractivity contribution is -0.0390. The van der Waals surface area contributed by atoms with Gasteiger partial charge in [0, 0.05) is 12.3 Å². The van der Waals surface area contributed by atoms with Crippen molar-refractivity contribution >= 4 is 16.9 Å². The molecule has 1 saturated carbocycles. The number of aryl methyl sites for hydroxylation is 1. The van der Waals surface area contributed by atoms with Gasteiger partial charge in [-0.1, -0.05) is 11.2 Å². The second kappa shape index (κ2) is 7.56. The number of rotatable bonds is 2. The summed E-state index contributed by atoms with van der Waals surface area (Å²) in [7, 11) is 0. The molecule has 3 heterocycles. The zero-order chi connectivity index (χ0) is 22.5. The van der Waals surface area contributed by atoms with Crippen LogP contribution in [0.2, 0.25) is 0 Å². The molecular formula is C22H21F2N5O3. The molecule has 4 aromatic rings. The maximum atomic E-state index is 13.7. The Labute approximate surface area is 180 Å². The number of aliphatic hydroxyl groups is 1. The van der Waals surface area contributed by atoms with Crippen LogP contribution in [-0.4, -0.2) is 25.2 Å². The third-order valence-corrected chi connectivity index (χ3v) is 6.20. The first-order valence-corrected chi connectivity index (χ1v) is 10.4. The number of aromatic nitrogens is 4. The largest absolute Gasteiger partial charge is 0.439 e. The van der Waals surface area contributed by atoms with E-state index >= 15 is 0 Å². The average molecular weight is 441 g/mol. The lowest BCUT2D eigenvalue weighted by Gasteiger charge is -2.37. The summed E-state index contributed by atoms with van der Waals surface area (Å²) in [5.41, 5.74) is 8.80. The number of halogens is 2. The van der Waals surface area contributed by atoms with E-state index in [2.05, 4.69) is 24.6 Å². The fraction of sp³-hybridized carbons (Fsp3) is 0.318. The van der Waals surface area contributed by atoms with Crippen molar-refractivity contribution in [3.8, 4) is 11.4 Å². The fourth-order valence-electron chi connectivity index (χ4n) is 4.28. The summed E-state index contributed by atoms with van der Waals surface area (Å²) in [6.45, 7) is 0. The smallest absolute Gasteiger partial charge is 0.385 e. The Hall–Kier alpha value is -3.53. The van der Waals surface area contributed by atoms with Gasteiger partial charge in [0.25, 0.3) is 0 Å². The van der Waals surface area contributed by atoms with Crippen LogP contribution in [0, 0.1) is 11.6 Å². The van der Waals surface area contributed by atoms with E-state index in [1.165, 1.54) is 12.3 Å². The van der Waals surface area contributed by atoms with Crippen molar-refractivity contribution in [3.63, 3.8) is 0 Å². The SMILES string of the molecule is Nc1nc2c(-c3noc(=O)[nH]3)c[nH]c2cc1F.OC1(c2cc(F)c3c(c2)CCC3)CCC1. The Morgan fingerprint density at radius 2 is 1.94 bits per heavy atom. The lowest BCUT2D eigenvalue weighted by atomic mass is 9.74. The number of aromatic amines is 2. The third-order valence-electron chi connectivity index (χ3n) is 6.20. The van der Waals surface area contributed by atoms with Gasteiger partial charge < -0.3 is 15.8 Å². The molecule has 2 aliphatic rings. The number of nitrogen functional groups attached to an aromatic ring is 1. The maximum absolute atomic E-state index is 13.7. The number of H-pyrrole nitrogens is 2. The van der Waals surface area contributed by atoms with Gasteiger partial charge in [-0.25, -0.2) is 18.6 Å². The predicted octanol–water partition coefficient (Wildman–Crippen LogP) is 3.31. The van der Waals surface area contributed by atoms with Crippen molar-refractivity contribution in [2.24, 2.45) is 0 Å². The van der Waals surface area contributed by atoms with Gasteiger partial charge in [-0.2, -0.15) is 0 Å². The molecule has 0 bridgehead atoms. The Morgan fingerprint density at radius 1 is 1.12 bits per heavy atom. The number of nitrogens with zero attached hydrogens (tertiary/aromatic N) is 2. The van der Waals surface area contributed by atoms with E-state index in [9.17, 15) is 18.7 Å². The van der Waals surface area contributed by atoms with Crippen LogP contribution in [-0.2, 0) is 18.4 Å². The van der Waals surface area contributed by atoms with Crippen LogP contribution >= 0.6 is 0 Å². The van der Waals surface area contributed by atoms with Crippen LogP contribution in [0.15, 0.2) is 33.7 Å². The van der Waals surface area contributed by atoms with Crippen molar-refractivity contribution in [2.75, 3.05) is 5.73 Å². The molecule has 6 rings (SSSR count). The topological polar surface area (TPSA) is 134 Å². The molecule has 0 aliphatic heterocycles. The van der Waals surface area contributed by atoms with Gasteiger partial charge in [0.2, 0.25) is 0 Å². The molecule has 32 heavy (non-hydrogen) atoms. The van der Waals surface area contributed by atoms with Gasteiger partial charge >= 0.3 is 5.76 Å². The highest BCUT2D eigenvalue weighted by molar-refractivity contribution is 5.91. The van der Waals surface area contributed by atoms with Crippen molar-refractivity contribution in [1.82, 2.24) is 20.1 Å². The van der Waals surface area contributed by atoms with E-state index in [0.29, 0.717) is 16.6 Å². The maximum Gasteiger partial charge on any atom is 0.439 e. The molecule has 0 radical (unpaired) electrons. The van der Waals surface area contributed by atoms with Crippen molar-refractivity contribution < 1.29 is 18.4 Å². The molecule has 3 aromatic heterocycles. The fourth-order valence-corrected chi connectivity index (χ4v) is 4.28. The number of hydrogen-bond acceptors (Lipinski definition) is 6. The predicted molar refractivity (Wildman–Crippen MR) is 113 cm³/mol. The first-order chi connectivity index (χ1) is 15.3. The average Bonchev–Trinajstić information content (AvgIpc) is 3.47. The molecule has 8 nitrogen and oxygen atoms in total. The van der Waals surface area contributed by atoms with Crippen molar-refractivity contribution in [1.29, 1.82) is 0 Å². The molecule has 0 saturated heterocycles. The van der Waals surface area contributed by atoms with Crippen molar-refractivity contribution in [3.05, 3.63) is 63.3 Å². The summed E-state index contributed by atoms with van der Waals surface area (Å²) in [6.07, 6.45) is 7.03. The van der Waals surface area contributed by atoms with E-state index in [1.807, 2.05) is 6.07 Å². The minimum Gasteiger partial charge on any atom is -0.385 e.